The third-order valence-corrected chi connectivity index (χ3v) is 3.46. The summed E-state index contributed by atoms with van der Waals surface area (Å²) in [5, 5.41) is 23.4. The molecule has 0 aliphatic carbocycles. The molecular formula is C17H12BrN3O3. The second-order valence-corrected chi connectivity index (χ2v) is 5.58. The Morgan fingerprint density at radius 3 is 2.42 bits per heavy atom. The van der Waals surface area contributed by atoms with Gasteiger partial charge in [-0.05, 0) is 42.5 Å². The molecule has 2 aromatic rings. The number of carbonyl (C=O) groups excluding carboxylic acids is 1. The zero-order valence-corrected chi connectivity index (χ0v) is 13.9. The molecule has 0 atom stereocenters. The van der Waals surface area contributed by atoms with Gasteiger partial charge in [0.05, 0.1) is 5.56 Å². The largest absolute Gasteiger partial charge is 0.478 e. The Balaban J connectivity index is 2.07. The van der Waals surface area contributed by atoms with Crippen molar-refractivity contribution in [2.45, 2.75) is 0 Å². The molecule has 0 radical (unpaired) electrons. The maximum Gasteiger partial charge on any atom is 0.335 e. The number of anilines is 2. The first-order valence-corrected chi connectivity index (χ1v) is 7.56. The Morgan fingerprint density at radius 2 is 1.83 bits per heavy atom. The van der Waals surface area contributed by atoms with Crippen LogP contribution in [0.1, 0.15) is 10.4 Å². The van der Waals surface area contributed by atoms with Crippen LogP contribution in [-0.4, -0.2) is 17.0 Å². The van der Waals surface area contributed by atoms with Crippen LogP contribution < -0.4 is 10.6 Å². The molecule has 0 aliphatic rings. The first-order chi connectivity index (χ1) is 11.5. The molecule has 120 valence electrons. The van der Waals surface area contributed by atoms with E-state index in [1.807, 2.05) is 18.2 Å². The van der Waals surface area contributed by atoms with Crippen LogP contribution in [0.25, 0.3) is 0 Å². The number of rotatable bonds is 5. The minimum atomic E-state index is -1.05. The fourth-order valence-electron chi connectivity index (χ4n) is 1.78. The van der Waals surface area contributed by atoms with Crippen LogP contribution in [0.2, 0.25) is 0 Å². The number of carboxylic acid groups (broad SMARTS) is 1. The lowest BCUT2D eigenvalue weighted by Crippen LogP contribution is -2.14. The van der Waals surface area contributed by atoms with E-state index in [1.54, 1.807) is 12.1 Å². The van der Waals surface area contributed by atoms with Crippen molar-refractivity contribution in [3.05, 3.63) is 70.3 Å². The molecule has 24 heavy (non-hydrogen) atoms. The third-order valence-electron chi connectivity index (χ3n) is 2.96. The summed E-state index contributed by atoms with van der Waals surface area (Å²) in [4.78, 5) is 22.9. The lowest BCUT2D eigenvalue weighted by molar-refractivity contribution is -0.112. The van der Waals surface area contributed by atoms with Gasteiger partial charge in [-0.25, -0.2) is 4.79 Å². The van der Waals surface area contributed by atoms with E-state index >= 15 is 0 Å². The van der Waals surface area contributed by atoms with Crippen molar-refractivity contribution in [1.29, 1.82) is 5.26 Å². The van der Waals surface area contributed by atoms with Gasteiger partial charge in [0.25, 0.3) is 5.91 Å². The normalized spacial score (nSPS) is 10.6. The molecule has 0 aliphatic heterocycles. The predicted octanol–water partition coefficient (Wildman–Crippen LogP) is 3.61. The SMILES string of the molecule is N#C/C(=C/Nc1cccc(Br)c1)C(=O)Nc1ccc(C(=O)O)cc1. The Bertz CT molecular complexity index is 839. The summed E-state index contributed by atoms with van der Waals surface area (Å²) in [5.41, 5.74) is 1.11. The molecule has 0 bridgehead atoms. The van der Waals surface area contributed by atoms with Gasteiger partial charge < -0.3 is 15.7 Å². The van der Waals surface area contributed by atoms with Crippen molar-refractivity contribution >= 4 is 39.2 Å². The Kier molecular flexibility index (Phi) is 5.71. The third kappa shape index (κ3) is 4.69. The Hall–Kier alpha value is -3.11. The van der Waals surface area contributed by atoms with Crippen molar-refractivity contribution in [2.24, 2.45) is 0 Å². The number of hydrogen-bond donors (Lipinski definition) is 3. The summed E-state index contributed by atoms with van der Waals surface area (Å²) in [6.45, 7) is 0. The quantitative estimate of drug-likeness (QED) is 0.538. The number of nitrogens with one attached hydrogen (secondary N) is 2. The van der Waals surface area contributed by atoms with Gasteiger partial charge in [-0.2, -0.15) is 5.26 Å². The van der Waals surface area contributed by atoms with Crippen molar-refractivity contribution in [1.82, 2.24) is 0 Å². The number of aromatic carboxylic acids is 1. The highest BCUT2D eigenvalue weighted by Crippen LogP contribution is 2.16. The summed E-state index contributed by atoms with van der Waals surface area (Å²) in [5.74, 6) is -1.65. The first kappa shape index (κ1) is 17.2. The molecule has 0 fully saturated rings. The molecule has 7 heteroatoms. The fourth-order valence-corrected chi connectivity index (χ4v) is 2.18. The minimum absolute atomic E-state index is 0.111. The van der Waals surface area contributed by atoms with E-state index < -0.39 is 11.9 Å². The number of amides is 1. The highest BCUT2D eigenvalue weighted by molar-refractivity contribution is 9.10. The van der Waals surface area contributed by atoms with Gasteiger partial charge in [0.15, 0.2) is 0 Å². The average molecular weight is 386 g/mol. The summed E-state index contributed by atoms with van der Waals surface area (Å²) in [6, 6.07) is 14.7. The highest BCUT2D eigenvalue weighted by Gasteiger charge is 2.10. The fraction of sp³-hybridized carbons (Fsp3) is 0. The van der Waals surface area contributed by atoms with E-state index in [9.17, 15) is 9.59 Å². The lowest BCUT2D eigenvalue weighted by atomic mass is 10.2. The molecular weight excluding hydrogens is 374 g/mol. The predicted molar refractivity (Wildman–Crippen MR) is 93.5 cm³/mol. The van der Waals surface area contributed by atoms with Crippen molar-refractivity contribution < 1.29 is 14.7 Å². The molecule has 2 rings (SSSR count). The number of halogens is 1. The monoisotopic (exact) mass is 385 g/mol. The second kappa shape index (κ2) is 7.94. The van der Waals surface area contributed by atoms with Gasteiger partial charge >= 0.3 is 5.97 Å². The van der Waals surface area contributed by atoms with E-state index in [0.29, 0.717) is 5.69 Å². The first-order valence-electron chi connectivity index (χ1n) is 6.76. The molecule has 0 aromatic heterocycles. The molecule has 3 N–H and O–H groups in total. The van der Waals surface area contributed by atoms with E-state index in [-0.39, 0.29) is 11.1 Å². The summed E-state index contributed by atoms with van der Waals surface area (Å²) < 4.78 is 0.863. The van der Waals surface area contributed by atoms with Gasteiger partial charge in [-0.1, -0.05) is 22.0 Å². The highest BCUT2D eigenvalue weighted by atomic mass is 79.9. The molecule has 0 spiro atoms. The molecule has 0 unspecified atom stereocenters. The van der Waals surface area contributed by atoms with Crippen LogP contribution in [0, 0.1) is 11.3 Å². The lowest BCUT2D eigenvalue weighted by Gasteiger charge is -2.06. The van der Waals surface area contributed by atoms with Gasteiger partial charge in [0, 0.05) is 22.0 Å². The van der Waals surface area contributed by atoms with E-state index in [4.69, 9.17) is 10.4 Å². The maximum atomic E-state index is 12.1. The van der Waals surface area contributed by atoms with Crippen LogP contribution in [0.4, 0.5) is 11.4 Å². The molecule has 1 amide bonds. The van der Waals surface area contributed by atoms with E-state index in [1.165, 1.54) is 30.5 Å². The molecule has 0 saturated heterocycles. The zero-order chi connectivity index (χ0) is 17.5. The smallest absolute Gasteiger partial charge is 0.335 e. The van der Waals surface area contributed by atoms with Crippen molar-refractivity contribution in [3.8, 4) is 6.07 Å². The average Bonchev–Trinajstić information content (AvgIpc) is 2.56. The van der Waals surface area contributed by atoms with Crippen LogP contribution in [0.3, 0.4) is 0 Å². The van der Waals surface area contributed by atoms with Crippen molar-refractivity contribution in [2.75, 3.05) is 10.6 Å². The van der Waals surface area contributed by atoms with Gasteiger partial charge in [0.2, 0.25) is 0 Å². The van der Waals surface area contributed by atoms with Crippen LogP contribution in [0.15, 0.2) is 64.8 Å². The topological polar surface area (TPSA) is 102 Å². The standard InChI is InChI=1S/C17H12BrN3O3/c18-13-2-1-3-15(8-13)20-10-12(9-19)16(22)21-14-6-4-11(5-7-14)17(23)24/h1-8,10,20H,(H,21,22)(H,23,24)/b12-10-. The summed E-state index contributed by atoms with van der Waals surface area (Å²) in [6.07, 6.45) is 1.31. The molecule has 0 heterocycles. The number of benzene rings is 2. The van der Waals surface area contributed by atoms with Crippen molar-refractivity contribution in [3.63, 3.8) is 0 Å². The van der Waals surface area contributed by atoms with Crippen LogP contribution in [0.5, 0.6) is 0 Å². The maximum absolute atomic E-state index is 12.1. The van der Waals surface area contributed by atoms with E-state index in [2.05, 4.69) is 26.6 Å². The Labute approximate surface area is 146 Å². The number of nitrogens with zero attached hydrogens (tertiary/aromatic N) is 1. The zero-order valence-electron chi connectivity index (χ0n) is 12.3. The van der Waals surface area contributed by atoms with Crippen LogP contribution in [-0.2, 0) is 4.79 Å². The van der Waals surface area contributed by atoms with Gasteiger partial charge in [-0.3, -0.25) is 4.79 Å². The summed E-state index contributed by atoms with van der Waals surface area (Å²) >= 11 is 3.33. The van der Waals surface area contributed by atoms with Crippen LogP contribution >= 0.6 is 15.9 Å². The number of carbonyl (C=O) groups is 2. The number of carboxylic acids is 1. The summed E-state index contributed by atoms with van der Waals surface area (Å²) in [7, 11) is 0. The molecule has 6 nitrogen and oxygen atoms in total. The molecule has 0 saturated carbocycles. The number of hydrogen-bond acceptors (Lipinski definition) is 4. The minimum Gasteiger partial charge on any atom is -0.478 e. The number of nitriles is 1. The van der Waals surface area contributed by atoms with Gasteiger partial charge in [0.1, 0.15) is 11.6 Å². The second-order valence-electron chi connectivity index (χ2n) is 4.66. The van der Waals surface area contributed by atoms with Gasteiger partial charge in [-0.15, -0.1) is 0 Å². The van der Waals surface area contributed by atoms with E-state index in [0.717, 1.165) is 10.2 Å². The molecule has 2 aromatic carbocycles. The Morgan fingerprint density at radius 1 is 1.12 bits per heavy atom.